The van der Waals surface area contributed by atoms with E-state index in [4.69, 9.17) is 5.11 Å². The van der Waals surface area contributed by atoms with Crippen LogP contribution in [0.3, 0.4) is 0 Å². The van der Waals surface area contributed by atoms with Crippen molar-refractivity contribution in [3.05, 3.63) is 29.6 Å². The van der Waals surface area contributed by atoms with Crippen molar-refractivity contribution in [1.29, 1.82) is 0 Å². The third-order valence-electron chi connectivity index (χ3n) is 2.38. The molecule has 2 aromatic heterocycles. The molecule has 0 saturated carbocycles. The number of aromatic carboxylic acids is 1. The Morgan fingerprint density at radius 1 is 1.50 bits per heavy atom. The molecule has 5 nitrogen and oxygen atoms in total. The number of pyridine rings is 1. The molecule has 2 heterocycles. The number of nitrogens with zero attached hydrogens (tertiary/aromatic N) is 3. The van der Waals surface area contributed by atoms with E-state index in [2.05, 4.69) is 4.98 Å². The van der Waals surface area contributed by atoms with Gasteiger partial charge in [-0.1, -0.05) is 0 Å². The van der Waals surface area contributed by atoms with Gasteiger partial charge in [0.15, 0.2) is 5.69 Å². The average molecular weight is 219 g/mol. The van der Waals surface area contributed by atoms with Crippen LogP contribution in [0.4, 0.5) is 5.95 Å². The second kappa shape index (κ2) is 3.52. The Morgan fingerprint density at radius 2 is 2.19 bits per heavy atom. The van der Waals surface area contributed by atoms with Crippen molar-refractivity contribution < 1.29 is 9.90 Å². The van der Waals surface area contributed by atoms with Crippen molar-refractivity contribution >= 4 is 17.4 Å². The maximum absolute atomic E-state index is 11.1. The first-order chi connectivity index (χ1) is 7.50. The van der Waals surface area contributed by atoms with Crippen molar-refractivity contribution in [3.63, 3.8) is 0 Å². The van der Waals surface area contributed by atoms with E-state index in [1.807, 2.05) is 39.3 Å². The second-order valence-corrected chi connectivity index (χ2v) is 3.92. The molecule has 1 N–H and O–H groups in total. The van der Waals surface area contributed by atoms with Crippen molar-refractivity contribution in [2.45, 2.75) is 6.92 Å². The summed E-state index contributed by atoms with van der Waals surface area (Å²) in [5.74, 6) is -0.386. The van der Waals surface area contributed by atoms with Gasteiger partial charge >= 0.3 is 5.97 Å². The number of carbonyl (C=O) groups is 1. The lowest BCUT2D eigenvalue weighted by molar-refractivity contribution is 0.0693. The number of imidazole rings is 1. The maximum atomic E-state index is 11.1. The molecule has 5 heteroatoms. The van der Waals surface area contributed by atoms with Gasteiger partial charge in [0.2, 0.25) is 5.95 Å². The van der Waals surface area contributed by atoms with Crippen LogP contribution in [0.1, 0.15) is 16.1 Å². The van der Waals surface area contributed by atoms with Gasteiger partial charge < -0.3 is 10.0 Å². The number of rotatable bonds is 2. The highest BCUT2D eigenvalue weighted by molar-refractivity contribution is 5.94. The first kappa shape index (κ1) is 10.5. The minimum Gasteiger partial charge on any atom is -0.476 e. The Balaban J connectivity index is 2.81. The van der Waals surface area contributed by atoms with E-state index in [1.165, 1.54) is 0 Å². The normalized spacial score (nSPS) is 10.7. The lowest BCUT2D eigenvalue weighted by Gasteiger charge is -2.09. The highest BCUT2D eigenvalue weighted by Crippen LogP contribution is 2.19. The largest absolute Gasteiger partial charge is 0.476 e. The number of aromatic nitrogens is 2. The van der Waals surface area contributed by atoms with Gasteiger partial charge in [0.1, 0.15) is 0 Å². The minimum absolute atomic E-state index is 0.0902. The molecule has 84 valence electrons. The minimum atomic E-state index is -1.00. The zero-order valence-electron chi connectivity index (χ0n) is 9.43. The van der Waals surface area contributed by atoms with Crippen molar-refractivity contribution in [3.8, 4) is 0 Å². The number of anilines is 1. The van der Waals surface area contributed by atoms with Crippen LogP contribution in [0, 0.1) is 6.92 Å². The summed E-state index contributed by atoms with van der Waals surface area (Å²) in [6, 6.07) is 3.75. The molecule has 2 aromatic rings. The predicted octanol–water partition coefficient (Wildman–Crippen LogP) is 1.41. The van der Waals surface area contributed by atoms with Crippen LogP contribution in [0.25, 0.3) is 5.52 Å². The lowest BCUT2D eigenvalue weighted by atomic mass is 10.2. The molecule has 0 radical (unpaired) electrons. The van der Waals surface area contributed by atoms with Crippen LogP contribution < -0.4 is 4.90 Å². The molecule has 16 heavy (non-hydrogen) atoms. The monoisotopic (exact) mass is 219 g/mol. The van der Waals surface area contributed by atoms with Crippen LogP contribution in [0.15, 0.2) is 18.3 Å². The van der Waals surface area contributed by atoms with E-state index in [1.54, 1.807) is 9.30 Å². The van der Waals surface area contributed by atoms with Gasteiger partial charge in [-0.25, -0.2) is 9.78 Å². The van der Waals surface area contributed by atoms with Crippen LogP contribution in [-0.4, -0.2) is 34.6 Å². The zero-order chi connectivity index (χ0) is 11.9. The molecular formula is C11H13N3O2. The molecule has 0 aliphatic rings. The van der Waals surface area contributed by atoms with Gasteiger partial charge in [-0.3, -0.25) is 4.40 Å². The molecule has 0 bridgehead atoms. The maximum Gasteiger partial charge on any atom is 0.356 e. The van der Waals surface area contributed by atoms with Crippen LogP contribution >= 0.6 is 0 Å². The smallest absolute Gasteiger partial charge is 0.356 e. The first-order valence-electron chi connectivity index (χ1n) is 4.90. The molecule has 2 rings (SSSR count). The summed E-state index contributed by atoms with van der Waals surface area (Å²) in [6.45, 7) is 1.92. The number of hydrogen-bond acceptors (Lipinski definition) is 3. The molecule has 0 fully saturated rings. The average Bonchev–Trinajstić information content (AvgIpc) is 2.56. The second-order valence-electron chi connectivity index (χ2n) is 3.92. The fourth-order valence-electron chi connectivity index (χ4n) is 1.65. The SMILES string of the molecule is Cc1ccn2c(N(C)C)nc(C(=O)O)c2c1. The van der Waals surface area contributed by atoms with E-state index < -0.39 is 5.97 Å². The first-order valence-corrected chi connectivity index (χ1v) is 4.90. The third-order valence-corrected chi connectivity index (χ3v) is 2.38. The summed E-state index contributed by atoms with van der Waals surface area (Å²) in [7, 11) is 3.67. The molecule has 0 saturated heterocycles. The topological polar surface area (TPSA) is 57.8 Å². The van der Waals surface area contributed by atoms with E-state index >= 15 is 0 Å². The number of fused-ring (bicyclic) bond motifs is 1. The number of aryl methyl sites for hydroxylation is 1. The Bertz CT molecular complexity index is 558. The van der Waals surface area contributed by atoms with Gasteiger partial charge in [-0.15, -0.1) is 0 Å². The quantitative estimate of drug-likeness (QED) is 0.829. The number of carboxylic acid groups (broad SMARTS) is 1. The summed E-state index contributed by atoms with van der Waals surface area (Å²) >= 11 is 0. The third kappa shape index (κ3) is 1.50. The summed E-state index contributed by atoms with van der Waals surface area (Å²) in [6.07, 6.45) is 1.83. The highest BCUT2D eigenvalue weighted by atomic mass is 16.4. The van der Waals surface area contributed by atoms with Crippen molar-refractivity contribution in [2.75, 3.05) is 19.0 Å². The van der Waals surface area contributed by atoms with Crippen LogP contribution in [0.5, 0.6) is 0 Å². The molecule has 0 spiro atoms. The Kier molecular flexibility index (Phi) is 2.30. The standard InChI is InChI=1S/C11H13N3O2/c1-7-4-5-14-8(6-7)9(10(15)16)12-11(14)13(2)3/h4-6H,1-3H3,(H,15,16). The molecule has 0 aliphatic carbocycles. The number of hydrogen-bond donors (Lipinski definition) is 1. The van der Waals surface area contributed by atoms with Crippen LogP contribution in [-0.2, 0) is 0 Å². The molecular weight excluding hydrogens is 206 g/mol. The highest BCUT2D eigenvalue weighted by Gasteiger charge is 2.17. The van der Waals surface area contributed by atoms with Gasteiger partial charge in [0, 0.05) is 20.3 Å². The predicted molar refractivity (Wildman–Crippen MR) is 61.2 cm³/mol. The zero-order valence-corrected chi connectivity index (χ0v) is 9.43. The number of carboxylic acids is 1. The van der Waals surface area contributed by atoms with Crippen molar-refractivity contribution in [1.82, 2.24) is 9.38 Å². The van der Waals surface area contributed by atoms with Gasteiger partial charge in [0.05, 0.1) is 5.52 Å². The Hall–Kier alpha value is -2.04. The molecule has 0 aromatic carbocycles. The lowest BCUT2D eigenvalue weighted by Crippen LogP contribution is -2.12. The summed E-state index contributed by atoms with van der Waals surface area (Å²) < 4.78 is 1.77. The summed E-state index contributed by atoms with van der Waals surface area (Å²) in [5, 5.41) is 9.07. The van der Waals surface area contributed by atoms with Crippen LogP contribution in [0.2, 0.25) is 0 Å². The van der Waals surface area contributed by atoms with E-state index in [-0.39, 0.29) is 5.69 Å². The van der Waals surface area contributed by atoms with Crippen molar-refractivity contribution in [2.24, 2.45) is 0 Å². The summed E-state index contributed by atoms with van der Waals surface area (Å²) in [5.41, 5.74) is 1.73. The van der Waals surface area contributed by atoms with E-state index in [9.17, 15) is 4.79 Å². The molecule has 0 unspecified atom stereocenters. The molecule has 0 aliphatic heterocycles. The Morgan fingerprint density at radius 3 is 2.75 bits per heavy atom. The van der Waals surface area contributed by atoms with Gasteiger partial charge in [-0.2, -0.15) is 0 Å². The van der Waals surface area contributed by atoms with Gasteiger partial charge in [0.25, 0.3) is 0 Å². The van der Waals surface area contributed by atoms with E-state index in [0.717, 1.165) is 5.56 Å². The fourth-order valence-corrected chi connectivity index (χ4v) is 1.65. The molecule has 0 amide bonds. The Labute approximate surface area is 92.9 Å². The van der Waals surface area contributed by atoms with E-state index in [0.29, 0.717) is 11.5 Å². The van der Waals surface area contributed by atoms with Gasteiger partial charge in [-0.05, 0) is 24.6 Å². The summed E-state index contributed by atoms with van der Waals surface area (Å²) in [4.78, 5) is 17.0. The molecule has 0 atom stereocenters. The fraction of sp³-hybridized carbons (Fsp3) is 0.273.